The fourth-order valence-corrected chi connectivity index (χ4v) is 2.75. The number of hydrogen-bond donors (Lipinski definition) is 1. The van der Waals surface area contributed by atoms with Crippen molar-refractivity contribution in [3.8, 4) is 5.88 Å². The van der Waals surface area contributed by atoms with Crippen molar-refractivity contribution in [2.24, 2.45) is 5.92 Å². The third kappa shape index (κ3) is 3.55. The highest BCUT2D eigenvalue weighted by Crippen LogP contribution is 2.28. The van der Waals surface area contributed by atoms with Gasteiger partial charge in [-0.15, -0.1) is 0 Å². The molecular weight excluding hydrogens is 278 g/mol. The van der Waals surface area contributed by atoms with Gasteiger partial charge in [0.2, 0.25) is 5.88 Å². The van der Waals surface area contributed by atoms with Crippen LogP contribution in [0.15, 0.2) is 24.8 Å². The highest BCUT2D eigenvalue weighted by Gasteiger charge is 2.23. The molecular formula is C16H23N5O. The summed E-state index contributed by atoms with van der Waals surface area (Å²) in [5.74, 6) is 2.48. The van der Waals surface area contributed by atoms with Crippen molar-refractivity contribution in [2.75, 3.05) is 24.6 Å². The molecule has 3 heterocycles. The molecule has 3 rings (SSSR count). The van der Waals surface area contributed by atoms with Gasteiger partial charge in [-0.3, -0.25) is 10.1 Å². The monoisotopic (exact) mass is 301 g/mol. The van der Waals surface area contributed by atoms with Crippen LogP contribution in [0.25, 0.3) is 0 Å². The van der Waals surface area contributed by atoms with Crippen LogP contribution in [0, 0.1) is 5.92 Å². The number of H-pyrrole nitrogens is 1. The average Bonchev–Trinajstić information content (AvgIpc) is 3.08. The van der Waals surface area contributed by atoms with Gasteiger partial charge in [0.05, 0.1) is 25.2 Å². The summed E-state index contributed by atoms with van der Waals surface area (Å²) in [5, 5.41) is 6.96. The third-order valence-corrected chi connectivity index (χ3v) is 3.90. The molecule has 0 spiro atoms. The van der Waals surface area contributed by atoms with Crippen LogP contribution in [-0.2, 0) is 0 Å². The van der Waals surface area contributed by atoms with Crippen LogP contribution in [0.5, 0.6) is 5.88 Å². The van der Waals surface area contributed by atoms with Crippen LogP contribution >= 0.6 is 0 Å². The lowest BCUT2D eigenvalue weighted by molar-refractivity contribution is 0.260. The summed E-state index contributed by atoms with van der Waals surface area (Å²) in [7, 11) is 0. The lowest BCUT2D eigenvalue weighted by Gasteiger charge is -2.33. The standard InChI is InChI=1S/C16H23N5O/c1-12(2)11-22-16-9-17-8-15(20-16)21-5-3-4-13(10-21)14-6-18-19-7-14/h6-9,12-13H,3-5,10-11H2,1-2H3,(H,18,19)/t13-/m0/s1. The first-order valence-corrected chi connectivity index (χ1v) is 7.91. The van der Waals surface area contributed by atoms with Crippen molar-refractivity contribution in [1.82, 2.24) is 20.2 Å². The summed E-state index contributed by atoms with van der Waals surface area (Å²) in [5.41, 5.74) is 1.27. The molecule has 0 amide bonds. The van der Waals surface area contributed by atoms with Crippen LogP contribution in [0.2, 0.25) is 0 Å². The van der Waals surface area contributed by atoms with E-state index in [0.29, 0.717) is 24.3 Å². The Bertz CT molecular complexity index is 584. The van der Waals surface area contributed by atoms with Crippen molar-refractivity contribution >= 4 is 5.82 Å². The van der Waals surface area contributed by atoms with E-state index in [2.05, 4.69) is 38.9 Å². The van der Waals surface area contributed by atoms with Crippen LogP contribution in [0.4, 0.5) is 5.82 Å². The van der Waals surface area contributed by atoms with Crippen molar-refractivity contribution in [2.45, 2.75) is 32.6 Å². The molecule has 0 bridgehead atoms. The van der Waals surface area contributed by atoms with E-state index in [4.69, 9.17) is 4.74 Å². The van der Waals surface area contributed by atoms with Gasteiger partial charge in [0.1, 0.15) is 0 Å². The predicted molar refractivity (Wildman–Crippen MR) is 85.1 cm³/mol. The van der Waals surface area contributed by atoms with E-state index in [1.165, 1.54) is 12.0 Å². The second kappa shape index (κ2) is 6.77. The summed E-state index contributed by atoms with van der Waals surface area (Å²) in [6.45, 7) is 6.86. The maximum Gasteiger partial charge on any atom is 0.234 e. The summed E-state index contributed by atoms with van der Waals surface area (Å²) in [4.78, 5) is 11.2. The number of aromatic nitrogens is 4. The summed E-state index contributed by atoms with van der Waals surface area (Å²) in [6.07, 6.45) is 9.75. The molecule has 6 heteroatoms. The normalized spacial score (nSPS) is 18.7. The molecule has 6 nitrogen and oxygen atoms in total. The van der Waals surface area contributed by atoms with E-state index in [9.17, 15) is 0 Å². The quantitative estimate of drug-likeness (QED) is 0.919. The fraction of sp³-hybridized carbons (Fsp3) is 0.562. The van der Waals surface area contributed by atoms with E-state index < -0.39 is 0 Å². The SMILES string of the molecule is CC(C)COc1cncc(N2CCC[C@H](c3cn[nH]c3)C2)n1. The van der Waals surface area contributed by atoms with Crippen molar-refractivity contribution < 1.29 is 4.74 Å². The molecule has 2 aromatic heterocycles. The lowest BCUT2D eigenvalue weighted by atomic mass is 9.93. The number of aromatic amines is 1. The molecule has 1 fully saturated rings. The van der Waals surface area contributed by atoms with Gasteiger partial charge in [-0.2, -0.15) is 10.1 Å². The molecule has 118 valence electrons. The van der Waals surface area contributed by atoms with Gasteiger partial charge in [-0.25, -0.2) is 0 Å². The topological polar surface area (TPSA) is 66.9 Å². The van der Waals surface area contributed by atoms with Crippen LogP contribution in [-0.4, -0.2) is 39.9 Å². The van der Waals surface area contributed by atoms with Crippen LogP contribution in [0.3, 0.4) is 0 Å². The minimum Gasteiger partial charge on any atom is -0.476 e. The van der Waals surface area contributed by atoms with Gasteiger partial charge in [0.15, 0.2) is 5.82 Å². The Morgan fingerprint density at radius 2 is 2.27 bits per heavy atom. The maximum atomic E-state index is 5.68. The molecule has 1 aliphatic rings. The molecule has 22 heavy (non-hydrogen) atoms. The summed E-state index contributed by atoms with van der Waals surface area (Å²) < 4.78 is 5.68. The average molecular weight is 301 g/mol. The van der Waals surface area contributed by atoms with E-state index in [-0.39, 0.29) is 0 Å². The molecule has 1 atom stereocenters. The zero-order chi connectivity index (χ0) is 15.4. The number of rotatable bonds is 5. The first-order valence-electron chi connectivity index (χ1n) is 7.91. The molecule has 0 aliphatic carbocycles. The summed E-state index contributed by atoms with van der Waals surface area (Å²) in [6, 6.07) is 0. The van der Waals surface area contributed by atoms with E-state index in [1.807, 2.05) is 18.6 Å². The van der Waals surface area contributed by atoms with Crippen molar-refractivity contribution in [1.29, 1.82) is 0 Å². The van der Waals surface area contributed by atoms with E-state index in [1.54, 1.807) is 6.20 Å². The van der Waals surface area contributed by atoms with Crippen molar-refractivity contribution in [3.05, 3.63) is 30.4 Å². The molecule has 1 saturated heterocycles. The number of anilines is 1. The molecule has 0 saturated carbocycles. The number of nitrogens with one attached hydrogen (secondary N) is 1. The van der Waals surface area contributed by atoms with Gasteiger partial charge < -0.3 is 9.64 Å². The smallest absolute Gasteiger partial charge is 0.234 e. The van der Waals surface area contributed by atoms with Gasteiger partial charge in [-0.05, 0) is 24.3 Å². The first kappa shape index (κ1) is 14.8. The van der Waals surface area contributed by atoms with Crippen LogP contribution in [0.1, 0.15) is 38.2 Å². The van der Waals surface area contributed by atoms with Gasteiger partial charge >= 0.3 is 0 Å². The van der Waals surface area contributed by atoms with Crippen LogP contribution < -0.4 is 9.64 Å². The Labute approximate surface area is 130 Å². The minimum absolute atomic E-state index is 0.478. The summed E-state index contributed by atoms with van der Waals surface area (Å²) >= 11 is 0. The van der Waals surface area contributed by atoms with Gasteiger partial charge in [-0.1, -0.05) is 13.8 Å². The number of ether oxygens (including phenoxy) is 1. The maximum absolute atomic E-state index is 5.68. The highest BCUT2D eigenvalue weighted by molar-refractivity contribution is 5.39. The van der Waals surface area contributed by atoms with E-state index in [0.717, 1.165) is 25.3 Å². The Hall–Kier alpha value is -2.11. The van der Waals surface area contributed by atoms with Crippen molar-refractivity contribution in [3.63, 3.8) is 0 Å². The number of nitrogens with zero attached hydrogens (tertiary/aromatic N) is 4. The zero-order valence-electron chi connectivity index (χ0n) is 13.2. The van der Waals surface area contributed by atoms with E-state index >= 15 is 0 Å². The lowest BCUT2D eigenvalue weighted by Crippen LogP contribution is -2.35. The Balaban J connectivity index is 1.69. The van der Waals surface area contributed by atoms with Gasteiger partial charge in [0.25, 0.3) is 0 Å². The Morgan fingerprint density at radius 3 is 3.05 bits per heavy atom. The minimum atomic E-state index is 0.478. The molecule has 1 N–H and O–H groups in total. The number of piperidine rings is 1. The fourth-order valence-electron chi connectivity index (χ4n) is 2.75. The first-order chi connectivity index (χ1) is 10.7. The Kier molecular flexibility index (Phi) is 4.56. The molecule has 0 unspecified atom stereocenters. The zero-order valence-corrected chi connectivity index (χ0v) is 13.2. The second-order valence-corrected chi connectivity index (χ2v) is 6.24. The predicted octanol–water partition coefficient (Wildman–Crippen LogP) is 2.62. The second-order valence-electron chi connectivity index (χ2n) is 6.24. The third-order valence-electron chi connectivity index (χ3n) is 3.90. The van der Waals surface area contributed by atoms with Gasteiger partial charge in [0, 0.05) is 25.2 Å². The largest absolute Gasteiger partial charge is 0.476 e. The Morgan fingerprint density at radius 1 is 1.36 bits per heavy atom. The molecule has 0 radical (unpaired) electrons. The highest BCUT2D eigenvalue weighted by atomic mass is 16.5. The molecule has 0 aromatic carbocycles. The molecule has 2 aromatic rings. The molecule has 1 aliphatic heterocycles. The number of hydrogen-bond acceptors (Lipinski definition) is 5.